The van der Waals surface area contributed by atoms with Crippen LogP contribution in [0.25, 0.3) is 22.3 Å². The molecule has 0 saturated carbocycles. The fourth-order valence-corrected chi connectivity index (χ4v) is 11.8. The van der Waals surface area contributed by atoms with Gasteiger partial charge < -0.3 is 68.8 Å². The van der Waals surface area contributed by atoms with Gasteiger partial charge in [0, 0.05) is 90.3 Å². The first kappa shape index (κ1) is 70.1. The fourth-order valence-electron chi connectivity index (χ4n) is 8.73. The third-order valence-electron chi connectivity index (χ3n) is 13.0. The molecule has 4 aromatic heterocycles. The van der Waals surface area contributed by atoms with Crippen molar-refractivity contribution >= 4 is 96.8 Å². The fraction of sp³-hybridized carbons (Fsp3) is 0.431. The molecule has 0 saturated heterocycles. The Kier molecular flexibility index (Phi) is 25.4. The molecule has 5 amide bonds. The number of amides is 5. The lowest BCUT2D eigenvalue weighted by Crippen LogP contribution is -2.41. The number of nitrogens with zero attached hydrogens (tertiary/aromatic N) is 7. The molecule has 0 unspecified atom stereocenters. The Morgan fingerprint density at radius 3 is 1.46 bits per heavy atom. The number of rotatable bonds is 30. The molecule has 16 N–H and O–H groups in total. The summed E-state index contributed by atoms with van der Waals surface area (Å²) in [6.07, 6.45) is 2.92. The average Bonchev–Trinajstić information content (AvgIpc) is 1.82. The number of carboxylic acid groups (broad SMARTS) is 2. The van der Waals surface area contributed by atoms with E-state index >= 15 is 0 Å². The summed E-state index contributed by atoms with van der Waals surface area (Å²) in [5.74, 6) is 1.72. The number of H-pyrrole nitrogens is 2. The summed E-state index contributed by atoms with van der Waals surface area (Å²) in [5, 5.41) is 35.4. The highest BCUT2D eigenvalue weighted by molar-refractivity contribution is 7.94. The molecular weight excluding hydrogens is 1200 g/mol. The van der Waals surface area contributed by atoms with Crippen molar-refractivity contribution in [2.75, 3.05) is 79.7 Å². The van der Waals surface area contributed by atoms with Gasteiger partial charge in [0.05, 0.1) is 66.4 Å². The summed E-state index contributed by atoms with van der Waals surface area (Å²) >= 11 is 0. The molecule has 2 aromatic carbocycles. The minimum absolute atomic E-state index is 0.0472. The monoisotopic (exact) mass is 1280 g/mol. The number of anilines is 4. The van der Waals surface area contributed by atoms with Crippen LogP contribution in [0.5, 0.6) is 0 Å². The van der Waals surface area contributed by atoms with Crippen molar-refractivity contribution < 1.29 is 57.5 Å². The number of carbonyl (C=O) groups excluding carboxylic acids is 5. The standard InChI is InChI=1S/C35H45N9O8S.C23H29N9O6/c1-34(2)13-14-35(3,4)21-53(51,20-34)44-27(46)6-5-16-52-17-15-37-26(45)12-11-25(32(49)50)41-30(47)22-7-9-23(10-8-22)38-18-24-19-39-29-28(40-24)31(48)43-33(36)42-29;24-7-9-38-10-8-26-17(33)6-5-16(22(36)37)30-20(34)13-1-3-14(4-2-13)27-11-15-12-28-19-18(29-15)21(35)32-23(25)31-19/h7-10,19,25,38H,5-6,11-12,15-18,20-21H2,1-4H3,(H,37,45)(H,41,47)(H,49,50)(H3,36,39,42,43,48);1-4,12,16,27H,5-11,24H2,(H,26,33)(H,30,34)(H,36,37)(H3,25,28,31,32,35)/t25-;16-/m00/s1. The number of nitrogens with two attached hydrogens (primary N) is 3. The number of aromatic amines is 2. The van der Waals surface area contributed by atoms with E-state index in [1.807, 2.05) is 27.7 Å². The van der Waals surface area contributed by atoms with E-state index in [2.05, 4.69) is 88.0 Å². The molecule has 0 bridgehead atoms. The molecule has 7 rings (SSSR count). The highest BCUT2D eigenvalue weighted by Crippen LogP contribution is 2.29. The van der Waals surface area contributed by atoms with E-state index in [0.29, 0.717) is 48.9 Å². The molecule has 0 spiro atoms. The minimum Gasteiger partial charge on any atom is -0.480 e. The molecular formula is C58H74N18O14S. The van der Waals surface area contributed by atoms with Gasteiger partial charge in [-0.3, -0.25) is 43.5 Å². The number of nitrogen functional groups attached to an aromatic ring is 2. The van der Waals surface area contributed by atoms with Crippen LogP contribution in [-0.2, 0) is 56.3 Å². The van der Waals surface area contributed by atoms with Crippen LogP contribution in [0.3, 0.4) is 0 Å². The summed E-state index contributed by atoms with van der Waals surface area (Å²) in [5.41, 5.74) is 17.4. The number of aliphatic carboxylic acids is 2. The molecule has 91 heavy (non-hydrogen) atoms. The van der Waals surface area contributed by atoms with Gasteiger partial charge in [-0.1, -0.05) is 11.8 Å². The summed E-state index contributed by atoms with van der Waals surface area (Å²) < 4.78 is 28.2. The molecule has 5 heterocycles. The number of hydrogen-bond acceptors (Lipinski definition) is 23. The van der Waals surface area contributed by atoms with Gasteiger partial charge in [-0.05, 0) is 95.5 Å². The van der Waals surface area contributed by atoms with Crippen LogP contribution in [0.4, 0.5) is 23.3 Å². The third-order valence-corrected chi connectivity index (χ3v) is 15.9. The Morgan fingerprint density at radius 2 is 1.05 bits per heavy atom. The number of nitrogens with one attached hydrogen (secondary N) is 8. The quantitative estimate of drug-likeness (QED) is 0.0219. The highest BCUT2D eigenvalue weighted by atomic mass is 32.2. The second-order valence-electron chi connectivity index (χ2n) is 22.0. The summed E-state index contributed by atoms with van der Waals surface area (Å²) in [4.78, 5) is 139. The summed E-state index contributed by atoms with van der Waals surface area (Å²) in [6.45, 7) is 9.94. The Morgan fingerprint density at radius 1 is 0.637 bits per heavy atom. The number of hydrogen-bond donors (Lipinski definition) is 13. The first-order chi connectivity index (χ1) is 43.2. The maximum absolute atomic E-state index is 13.5. The minimum atomic E-state index is -2.77. The van der Waals surface area contributed by atoms with Crippen LogP contribution >= 0.6 is 0 Å². The summed E-state index contributed by atoms with van der Waals surface area (Å²) in [6, 6.07) is 10.0. The van der Waals surface area contributed by atoms with E-state index in [1.165, 1.54) is 36.7 Å². The Bertz CT molecular complexity index is 3890. The van der Waals surface area contributed by atoms with Crippen molar-refractivity contribution in [1.29, 1.82) is 0 Å². The van der Waals surface area contributed by atoms with Gasteiger partial charge >= 0.3 is 11.9 Å². The average molecular weight is 1280 g/mol. The zero-order valence-corrected chi connectivity index (χ0v) is 51.3. The molecule has 6 aromatic rings. The number of fused-ring (bicyclic) bond motifs is 2. The Labute approximate surface area is 521 Å². The topological polar surface area (TPSA) is 501 Å². The maximum Gasteiger partial charge on any atom is 0.326 e. The number of aromatic nitrogens is 8. The zero-order valence-electron chi connectivity index (χ0n) is 50.5. The molecule has 1 aliphatic rings. The van der Waals surface area contributed by atoms with Crippen LogP contribution in [-0.4, -0.2) is 165 Å². The second-order valence-corrected chi connectivity index (χ2v) is 24.3. The van der Waals surface area contributed by atoms with E-state index in [4.69, 9.17) is 26.7 Å². The van der Waals surface area contributed by atoms with Crippen molar-refractivity contribution in [3.05, 3.63) is 104 Å². The Hall–Kier alpha value is -10.0. The number of carboxylic acids is 2. The smallest absolute Gasteiger partial charge is 0.326 e. The van der Waals surface area contributed by atoms with Crippen molar-refractivity contribution in [2.45, 2.75) is 91.4 Å². The predicted molar refractivity (Wildman–Crippen MR) is 335 cm³/mol. The van der Waals surface area contributed by atoms with Gasteiger partial charge in [0.1, 0.15) is 12.1 Å². The van der Waals surface area contributed by atoms with E-state index in [1.54, 1.807) is 24.3 Å². The molecule has 2 atom stereocenters. The van der Waals surface area contributed by atoms with Crippen LogP contribution < -0.4 is 60.2 Å². The molecule has 33 heteroatoms. The van der Waals surface area contributed by atoms with Crippen LogP contribution in [0.2, 0.25) is 0 Å². The van der Waals surface area contributed by atoms with E-state index in [0.717, 1.165) is 0 Å². The molecule has 0 radical (unpaired) electrons. The first-order valence-electron chi connectivity index (χ1n) is 28.7. The van der Waals surface area contributed by atoms with Gasteiger partial charge in [-0.25, -0.2) is 33.7 Å². The van der Waals surface area contributed by atoms with Crippen molar-refractivity contribution in [3.8, 4) is 11.8 Å². The van der Waals surface area contributed by atoms with Gasteiger partial charge in [-0.2, -0.15) is 14.3 Å². The van der Waals surface area contributed by atoms with Gasteiger partial charge in [0.15, 0.2) is 22.3 Å². The third kappa shape index (κ3) is 23.1. The van der Waals surface area contributed by atoms with Gasteiger partial charge in [0.2, 0.25) is 23.7 Å². The van der Waals surface area contributed by atoms with Crippen molar-refractivity contribution in [1.82, 2.24) is 61.1 Å². The number of benzene rings is 2. The van der Waals surface area contributed by atoms with Crippen LogP contribution in [0.15, 0.2) is 74.9 Å². The SMILES string of the molecule is CC1(C)C#CC(C)(C)CS(=O)(=NC(=O)CCCOCCNC(=O)CC[C@H](NC(=O)c2ccc(NCc3cnc4nc(N)[nH]c(=O)c4n3)cc2)C(=O)O)C1.NCCOCCNC(=O)CC[C@H](NC(=O)c1ccc(NCc2cnc3nc(N)[nH]c(=O)c3n2)cc1)C(=O)O. The zero-order chi connectivity index (χ0) is 66.3. The van der Waals surface area contributed by atoms with Crippen molar-refractivity contribution in [3.63, 3.8) is 0 Å². The highest BCUT2D eigenvalue weighted by Gasteiger charge is 2.33. The Balaban J connectivity index is 0.000000306. The molecule has 0 fully saturated rings. The van der Waals surface area contributed by atoms with Gasteiger partial charge in [-0.15, -0.1) is 0 Å². The van der Waals surface area contributed by atoms with Gasteiger partial charge in [0.25, 0.3) is 28.8 Å². The summed E-state index contributed by atoms with van der Waals surface area (Å²) in [7, 11) is -2.77. The van der Waals surface area contributed by atoms with Crippen molar-refractivity contribution in [2.24, 2.45) is 20.9 Å². The van der Waals surface area contributed by atoms with E-state index in [9.17, 15) is 57.6 Å². The van der Waals surface area contributed by atoms with Crippen LogP contribution in [0, 0.1) is 22.7 Å². The lowest BCUT2D eigenvalue weighted by molar-refractivity contribution is -0.140. The second kappa shape index (κ2) is 33.0. The van der Waals surface area contributed by atoms with E-state index in [-0.39, 0.29) is 134 Å². The first-order valence-corrected chi connectivity index (χ1v) is 30.5. The number of ether oxygens (including phenoxy) is 2. The molecule has 1 aliphatic heterocycles. The normalized spacial score (nSPS) is 14.1. The lowest BCUT2D eigenvalue weighted by Gasteiger charge is -2.21. The number of carbonyl (C=O) groups is 7. The maximum atomic E-state index is 13.5. The molecule has 486 valence electrons. The molecule has 0 aliphatic carbocycles. The van der Waals surface area contributed by atoms with Crippen LogP contribution in [0.1, 0.15) is 98.3 Å². The lowest BCUT2D eigenvalue weighted by atomic mass is 9.92. The predicted octanol–water partition coefficient (Wildman–Crippen LogP) is 0.810. The van der Waals surface area contributed by atoms with E-state index < -0.39 is 79.3 Å². The largest absolute Gasteiger partial charge is 0.480 e. The molecule has 32 nitrogen and oxygen atoms in total.